The van der Waals surface area contributed by atoms with Gasteiger partial charge in [0.2, 0.25) is 0 Å². The van der Waals surface area contributed by atoms with E-state index < -0.39 is 0 Å². The van der Waals surface area contributed by atoms with Crippen LogP contribution in [0.2, 0.25) is 0 Å². The fourth-order valence-electron chi connectivity index (χ4n) is 2.44. The van der Waals surface area contributed by atoms with Crippen LogP contribution in [0.3, 0.4) is 0 Å². The number of ether oxygens (including phenoxy) is 1. The van der Waals surface area contributed by atoms with Gasteiger partial charge in [0.1, 0.15) is 6.10 Å². The largest absolute Gasteiger partial charge is 0.471 e. The highest BCUT2D eigenvalue weighted by atomic mass is 16.5. The highest BCUT2D eigenvalue weighted by molar-refractivity contribution is 5.81. The number of aryl methyl sites for hydroxylation is 1. The van der Waals surface area contributed by atoms with Crippen molar-refractivity contribution in [3.8, 4) is 0 Å². The second-order valence-corrected chi connectivity index (χ2v) is 4.89. The van der Waals surface area contributed by atoms with Crippen molar-refractivity contribution in [2.45, 2.75) is 19.4 Å². The molecule has 0 aliphatic carbocycles. The Morgan fingerprint density at radius 2 is 2.12 bits per heavy atom. The molecule has 90 valence electrons. The fraction of sp³-hybridized carbons (Fsp3) is 0.500. The van der Waals surface area contributed by atoms with E-state index in [9.17, 15) is 0 Å². The number of hydrogen-bond donors (Lipinski definition) is 1. The normalized spacial score (nSPS) is 27.9. The Balaban J connectivity index is 1.67. The number of aliphatic imine (C=N–C) groups is 1. The van der Waals surface area contributed by atoms with Gasteiger partial charge in [0.05, 0.1) is 6.54 Å². The van der Waals surface area contributed by atoms with Crippen molar-refractivity contribution >= 4 is 5.90 Å². The van der Waals surface area contributed by atoms with Gasteiger partial charge in [0.25, 0.3) is 0 Å². The molecule has 0 aromatic heterocycles. The molecule has 1 aromatic carbocycles. The molecule has 3 heteroatoms. The highest BCUT2D eigenvalue weighted by Crippen LogP contribution is 2.27. The monoisotopic (exact) mass is 230 g/mol. The van der Waals surface area contributed by atoms with E-state index in [0.717, 1.165) is 32.0 Å². The van der Waals surface area contributed by atoms with Crippen molar-refractivity contribution in [1.29, 1.82) is 0 Å². The lowest BCUT2D eigenvalue weighted by molar-refractivity contribution is 0.216. The zero-order valence-electron chi connectivity index (χ0n) is 10.1. The summed E-state index contributed by atoms with van der Waals surface area (Å²) in [6.07, 6.45) is 1.28. The number of nitrogens with one attached hydrogen (secondary N) is 1. The highest BCUT2D eigenvalue weighted by Gasteiger charge is 2.29. The van der Waals surface area contributed by atoms with Gasteiger partial charge in [-0.3, -0.25) is 4.99 Å². The van der Waals surface area contributed by atoms with Crippen LogP contribution in [-0.2, 0) is 4.74 Å². The molecule has 0 spiro atoms. The molecule has 3 nitrogen and oxygen atoms in total. The second-order valence-electron chi connectivity index (χ2n) is 4.89. The van der Waals surface area contributed by atoms with Gasteiger partial charge in [-0.2, -0.15) is 0 Å². The third-order valence-corrected chi connectivity index (χ3v) is 3.53. The van der Waals surface area contributed by atoms with E-state index >= 15 is 0 Å². The average Bonchev–Trinajstić information content (AvgIpc) is 3.00. The van der Waals surface area contributed by atoms with Gasteiger partial charge in [0.15, 0.2) is 5.90 Å². The van der Waals surface area contributed by atoms with E-state index in [1.165, 1.54) is 11.1 Å². The number of rotatable bonds is 2. The lowest BCUT2D eigenvalue weighted by Gasteiger charge is -2.14. The van der Waals surface area contributed by atoms with E-state index in [-0.39, 0.29) is 6.10 Å². The minimum absolute atomic E-state index is 0.131. The summed E-state index contributed by atoms with van der Waals surface area (Å²) in [5, 5.41) is 3.35. The first-order chi connectivity index (χ1) is 8.33. The molecule has 2 aliphatic rings. The van der Waals surface area contributed by atoms with E-state index in [1.807, 2.05) is 0 Å². The SMILES string of the molecule is Cc1ccc(C2CN=C(C3CCNC3)O2)cc1. The molecule has 17 heavy (non-hydrogen) atoms. The zero-order chi connectivity index (χ0) is 11.7. The molecule has 0 amide bonds. The van der Waals surface area contributed by atoms with Crippen LogP contribution < -0.4 is 5.32 Å². The Kier molecular flexibility index (Phi) is 2.85. The lowest BCUT2D eigenvalue weighted by Crippen LogP contribution is -2.18. The topological polar surface area (TPSA) is 33.6 Å². The van der Waals surface area contributed by atoms with E-state index in [4.69, 9.17) is 4.74 Å². The smallest absolute Gasteiger partial charge is 0.188 e. The molecule has 0 bridgehead atoms. The summed E-state index contributed by atoms with van der Waals surface area (Å²) in [6.45, 7) is 4.97. The molecule has 2 aliphatic heterocycles. The number of benzene rings is 1. The Hall–Kier alpha value is -1.35. The Morgan fingerprint density at radius 1 is 1.29 bits per heavy atom. The lowest BCUT2D eigenvalue weighted by atomic mass is 10.1. The van der Waals surface area contributed by atoms with Gasteiger partial charge >= 0.3 is 0 Å². The summed E-state index contributed by atoms with van der Waals surface area (Å²) in [5.74, 6) is 1.45. The molecule has 3 rings (SSSR count). The molecular formula is C14H18N2O. The van der Waals surface area contributed by atoms with Crippen LogP contribution in [0.25, 0.3) is 0 Å². The first kappa shape index (κ1) is 10.8. The van der Waals surface area contributed by atoms with Crippen LogP contribution in [0.5, 0.6) is 0 Å². The van der Waals surface area contributed by atoms with Crippen LogP contribution in [0, 0.1) is 12.8 Å². The maximum Gasteiger partial charge on any atom is 0.188 e. The zero-order valence-corrected chi connectivity index (χ0v) is 10.1. The van der Waals surface area contributed by atoms with Gasteiger partial charge in [-0.25, -0.2) is 0 Å². The van der Waals surface area contributed by atoms with Gasteiger partial charge in [-0.05, 0) is 25.5 Å². The van der Waals surface area contributed by atoms with E-state index in [0.29, 0.717) is 5.92 Å². The molecule has 1 fully saturated rings. The summed E-state index contributed by atoms with van der Waals surface area (Å²) in [4.78, 5) is 4.55. The van der Waals surface area contributed by atoms with Crippen molar-refractivity contribution in [2.24, 2.45) is 10.9 Å². The molecule has 1 saturated heterocycles. The Bertz CT molecular complexity index is 418. The fourth-order valence-corrected chi connectivity index (χ4v) is 2.44. The van der Waals surface area contributed by atoms with Crippen molar-refractivity contribution in [3.05, 3.63) is 35.4 Å². The molecule has 1 N–H and O–H groups in total. The number of nitrogens with zero attached hydrogens (tertiary/aromatic N) is 1. The number of hydrogen-bond acceptors (Lipinski definition) is 3. The first-order valence-corrected chi connectivity index (χ1v) is 6.31. The van der Waals surface area contributed by atoms with Crippen molar-refractivity contribution in [3.63, 3.8) is 0 Å². The van der Waals surface area contributed by atoms with Crippen LogP contribution in [0.1, 0.15) is 23.7 Å². The standard InChI is InChI=1S/C14H18N2O/c1-10-2-4-11(5-3-10)13-9-16-14(17-13)12-6-7-15-8-12/h2-5,12-13,15H,6-9H2,1H3. The van der Waals surface area contributed by atoms with E-state index in [2.05, 4.69) is 41.5 Å². The Morgan fingerprint density at radius 3 is 2.82 bits per heavy atom. The maximum atomic E-state index is 5.98. The molecule has 0 saturated carbocycles. The quantitative estimate of drug-likeness (QED) is 0.844. The van der Waals surface area contributed by atoms with Crippen LogP contribution in [0.15, 0.2) is 29.3 Å². The summed E-state index contributed by atoms with van der Waals surface area (Å²) in [5.41, 5.74) is 2.52. The third-order valence-electron chi connectivity index (χ3n) is 3.53. The molecule has 1 aromatic rings. The predicted octanol–water partition coefficient (Wildman–Crippen LogP) is 2.07. The van der Waals surface area contributed by atoms with Crippen LogP contribution in [0.4, 0.5) is 0 Å². The van der Waals surface area contributed by atoms with Crippen molar-refractivity contribution in [2.75, 3.05) is 19.6 Å². The molecular weight excluding hydrogens is 212 g/mol. The Labute approximate surface area is 102 Å². The molecule has 2 unspecified atom stereocenters. The van der Waals surface area contributed by atoms with Gasteiger partial charge in [-0.15, -0.1) is 0 Å². The van der Waals surface area contributed by atoms with Gasteiger partial charge in [-0.1, -0.05) is 29.8 Å². The first-order valence-electron chi connectivity index (χ1n) is 6.31. The maximum absolute atomic E-state index is 5.98. The van der Waals surface area contributed by atoms with Crippen LogP contribution >= 0.6 is 0 Å². The van der Waals surface area contributed by atoms with Crippen LogP contribution in [-0.4, -0.2) is 25.5 Å². The molecule has 2 atom stereocenters. The van der Waals surface area contributed by atoms with Crippen molar-refractivity contribution < 1.29 is 4.74 Å². The summed E-state index contributed by atoms with van der Waals surface area (Å²) >= 11 is 0. The molecule has 2 heterocycles. The molecule has 0 radical (unpaired) electrons. The third kappa shape index (κ3) is 2.20. The second kappa shape index (κ2) is 4.49. The van der Waals surface area contributed by atoms with Gasteiger partial charge < -0.3 is 10.1 Å². The summed E-state index contributed by atoms with van der Waals surface area (Å²) < 4.78 is 5.98. The van der Waals surface area contributed by atoms with Gasteiger partial charge in [0, 0.05) is 12.5 Å². The average molecular weight is 230 g/mol. The van der Waals surface area contributed by atoms with Crippen molar-refractivity contribution in [1.82, 2.24) is 5.32 Å². The minimum Gasteiger partial charge on any atom is -0.471 e. The van der Waals surface area contributed by atoms with E-state index in [1.54, 1.807) is 0 Å². The summed E-state index contributed by atoms with van der Waals surface area (Å²) in [7, 11) is 0. The summed E-state index contributed by atoms with van der Waals surface area (Å²) in [6, 6.07) is 8.55. The minimum atomic E-state index is 0.131. The predicted molar refractivity (Wildman–Crippen MR) is 68.3 cm³/mol.